The molecule has 0 atom stereocenters. The highest BCUT2D eigenvalue weighted by Gasteiger charge is 2.15. The largest absolute Gasteiger partial charge is 0.370 e. The molecule has 27 heavy (non-hydrogen) atoms. The quantitative estimate of drug-likeness (QED) is 0.500. The Morgan fingerprint density at radius 1 is 1.00 bits per heavy atom. The number of unbranched alkanes of at least 4 members (excludes halogenated alkanes) is 1. The fourth-order valence-corrected chi connectivity index (χ4v) is 3.34. The molecule has 0 bridgehead atoms. The zero-order valence-electron chi connectivity index (χ0n) is 15.3. The monoisotopic (exact) mass is 403 g/mol. The number of rotatable bonds is 9. The van der Waals surface area contributed by atoms with Crippen LogP contribution in [0.1, 0.15) is 24.1 Å². The standard InChI is InChI=1S/C20H23Cl2N5/c1-15-16(20(22)27(26-15)18-9-3-2-8-17(18)21)14-23-11-6-7-13-25-19-10-4-5-12-24-19/h2-5,8-10,12,23H,6-7,11,13-14H2,1H3,(H,24,25). The molecule has 7 heteroatoms. The molecule has 142 valence electrons. The summed E-state index contributed by atoms with van der Waals surface area (Å²) in [6.07, 6.45) is 3.92. The molecular formula is C20H23Cl2N5. The van der Waals surface area contributed by atoms with Gasteiger partial charge in [-0.05, 0) is 50.6 Å². The Bertz CT molecular complexity index is 864. The van der Waals surface area contributed by atoms with Crippen molar-refractivity contribution in [3.8, 4) is 5.69 Å². The topological polar surface area (TPSA) is 54.8 Å². The molecule has 0 radical (unpaired) electrons. The van der Waals surface area contributed by atoms with Crippen molar-refractivity contribution in [3.05, 3.63) is 70.1 Å². The highest BCUT2D eigenvalue weighted by Crippen LogP contribution is 2.27. The van der Waals surface area contributed by atoms with E-state index in [1.54, 1.807) is 10.9 Å². The molecule has 0 spiro atoms. The summed E-state index contributed by atoms with van der Waals surface area (Å²) < 4.78 is 1.70. The maximum atomic E-state index is 6.55. The average Bonchev–Trinajstić information content (AvgIpc) is 2.96. The molecule has 0 amide bonds. The van der Waals surface area contributed by atoms with Crippen molar-refractivity contribution >= 4 is 29.0 Å². The molecule has 0 aliphatic heterocycles. The maximum Gasteiger partial charge on any atom is 0.137 e. The predicted octanol–water partition coefficient (Wildman–Crippen LogP) is 4.86. The molecule has 2 heterocycles. The van der Waals surface area contributed by atoms with Crippen molar-refractivity contribution in [2.24, 2.45) is 0 Å². The minimum Gasteiger partial charge on any atom is -0.370 e. The molecule has 5 nitrogen and oxygen atoms in total. The summed E-state index contributed by atoms with van der Waals surface area (Å²) in [5.41, 5.74) is 2.70. The molecule has 0 fully saturated rings. The first-order valence-electron chi connectivity index (χ1n) is 9.01. The summed E-state index contributed by atoms with van der Waals surface area (Å²) >= 11 is 12.8. The van der Waals surface area contributed by atoms with Gasteiger partial charge in [-0.3, -0.25) is 0 Å². The SMILES string of the molecule is Cc1nn(-c2ccccc2Cl)c(Cl)c1CNCCCCNc1ccccn1. The van der Waals surface area contributed by atoms with Crippen LogP contribution in [0.25, 0.3) is 5.69 Å². The Balaban J connectivity index is 1.45. The minimum absolute atomic E-state index is 0.602. The Labute approximate surface area is 169 Å². The molecule has 0 aliphatic rings. The molecule has 0 aliphatic carbocycles. The Morgan fingerprint density at radius 3 is 2.56 bits per heavy atom. The number of benzene rings is 1. The normalized spacial score (nSPS) is 10.9. The van der Waals surface area contributed by atoms with Gasteiger partial charge in [-0.2, -0.15) is 5.10 Å². The Morgan fingerprint density at radius 2 is 1.78 bits per heavy atom. The van der Waals surface area contributed by atoms with Crippen molar-refractivity contribution in [2.45, 2.75) is 26.3 Å². The van der Waals surface area contributed by atoms with Crippen molar-refractivity contribution in [1.82, 2.24) is 20.1 Å². The van der Waals surface area contributed by atoms with Gasteiger partial charge in [0.1, 0.15) is 11.0 Å². The van der Waals surface area contributed by atoms with Gasteiger partial charge in [0.25, 0.3) is 0 Å². The van der Waals surface area contributed by atoms with Gasteiger partial charge in [0.2, 0.25) is 0 Å². The fraction of sp³-hybridized carbons (Fsp3) is 0.300. The number of anilines is 1. The number of nitrogens with zero attached hydrogens (tertiary/aromatic N) is 3. The van der Waals surface area contributed by atoms with E-state index in [1.807, 2.05) is 49.4 Å². The van der Waals surface area contributed by atoms with Crippen LogP contribution >= 0.6 is 23.2 Å². The van der Waals surface area contributed by atoms with Crippen LogP contribution in [-0.4, -0.2) is 27.9 Å². The van der Waals surface area contributed by atoms with Crippen LogP contribution in [0.4, 0.5) is 5.82 Å². The first-order chi connectivity index (χ1) is 13.2. The molecule has 0 saturated heterocycles. The second-order valence-corrected chi connectivity index (χ2v) is 7.01. The number of hydrogen-bond acceptors (Lipinski definition) is 4. The lowest BCUT2D eigenvalue weighted by Gasteiger charge is -2.07. The first kappa shape index (κ1) is 19.7. The predicted molar refractivity (Wildman–Crippen MR) is 112 cm³/mol. The summed E-state index contributed by atoms with van der Waals surface area (Å²) in [5.74, 6) is 0.917. The van der Waals surface area contributed by atoms with Gasteiger partial charge in [-0.25, -0.2) is 9.67 Å². The number of aryl methyl sites for hydroxylation is 1. The zero-order chi connectivity index (χ0) is 19.1. The summed E-state index contributed by atoms with van der Waals surface area (Å²) in [6, 6.07) is 13.4. The summed E-state index contributed by atoms with van der Waals surface area (Å²) in [7, 11) is 0. The van der Waals surface area contributed by atoms with E-state index >= 15 is 0 Å². The summed E-state index contributed by atoms with van der Waals surface area (Å²) in [6.45, 7) is 4.47. The smallest absolute Gasteiger partial charge is 0.137 e. The number of halogens is 2. The molecular weight excluding hydrogens is 381 g/mol. The van der Waals surface area contributed by atoms with E-state index in [9.17, 15) is 0 Å². The second kappa shape index (κ2) is 9.74. The van der Waals surface area contributed by atoms with E-state index in [0.29, 0.717) is 16.7 Å². The summed E-state index contributed by atoms with van der Waals surface area (Å²) in [5, 5.41) is 12.5. The average molecular weight is 404 g/mol. The van der Waals surface area contributed by atoms with E-state index in [1.165, 1.54) is 0 Å². The lowest BCUT2D eigenvalue weighted by molar-refractivity contribution is 0.631. The molecule has 2 aromatic heterocycles. The van der Waals surface area contributed by atoms with Gasteiger partial charge in [0, 0.05) is 24.8 Å². The lowest BCUT2D eigenvalue weighted by Crippen LogP contribution is -2.16. The number of para-hydroxylation sites is 1. The van der Waals surface area contributed by atoms with Crippen LogP contribution in [0.2, 0.25) is 10.2 Å². The van der Waals surface area contributed by atoms with Crippen LogP contribution in [-0.2, 0) is 6.54 Å². The Hall–Kier alpha value is -2.08. The highest BCUT2D eigenvalue weighted by molar-refractivity contribution is 6.33. The van der Waals surface area contributed by atoms with Gasteiger partial charge in [-0.15, -0.1) is 0 Å². The number of nitrogens with one attached hydrogen (secondary N) is 2. The third-order valence-corrected chi connectivity index (χ3v) is 4.96. The number of aromatic nitrogens is 3. The molecule has 2 N–H and O–H groups in total. The second-order valence-electron chi connectivity index (χ2n) is 6.24. The van der Waals surface area contributed by atoms with Crippen LogP contribution in [0.15, 0.2) is 48.7 Å². The molecule has 1 aromatic carbocycles. The van der Waals surface area contributed by atoms with Gasteiger partial charge >= 0.3 is 0 Å². The Kier molecular flexibility index (Phi) is 7.10. The zero-order valence-corrected chi connectivity index (χ0v) is 16.8. The van der Waals surface area contributed by atoms with Gasteiger partial charge in [-0.1, -0.05) is 41.4 Å². The third-order valence-electron chi connectivity index (χ3n) is 4.26. The van der Waals surface area contributed by atoms with Crippen molar-refractivity contribution in [2.75, 3.05) is 18.4 Å². The first-order valence-corrected chi connectivity index (χ1v) is 9.77. The third kappa shape index (κ3) is 5.22. The van der Waals surface area contributed by atoms with Gasteiger partial charge in [0.15, 0.2) is 0 Å². The minimum atomic E-state index is 0.602. The van der Waals surface area contributed by atoms with Gasteiger partial charge < -0.3 is 10.6 Å². The van der Waals surface area contributed by atoms with E-state index in [2.05, 4.69) is 20.7 Å². The van der Waals surface area contributed by atoms with Crippen LogP contribution < -0.4 is 10.6 Å². The van der Waals surface area contributed by atoms with Crippen molar-refractivity contribution < 1.29 is 0 Å². The molecule has 0 saturated carbocycles. The van der Waals surface area contributed by atoms with Crippen molar-refractivity contribution in [1.29, 1.82) is 0 Å². The van der Waals surface area contributed by atoms with Crippen molar-refractivity contribution in [3.63, 3.8) is 0 Å². The van der Waals surface area contributed by atoms with Crippen LogP contribution in [0.3, 0.4) is 0 Å². The maximum absolute atomic E-state index is 6.55. The molecule has 3 aromatic rings. The highest BCUT2D eigenvalue weighted by atomic mass is 35.5. The van der Waals surface area contributed by atoms with Crippen LogP contribution in [0, 0.1) is 6.92 Å². The number of hydrogen-bond donors (Lipinski definition) is 2. The van der Waals surface area contributed by atoms with E-state index in [0.717, 1.165) is 48.7 Å². The number of pyridine rings is 1. The van der Waals surface area contributed by atoms with Crippen LogP contribution in [0.5, 0.6) is 0 Å². The van der Waals surface area contributed by atoms with E-state index in [4.69, 9.17) is 23.2 Å². The summed E-state index contributed by atoms with van der Waals surface area (Å²) in [4.78, 5) is 4.25. The molecule has 3 rings (SSSR count). The molecule has 0 unspecified atom stereocenters. The van der Waals surface area contributed by atoms with E-state index < -0.39 is 0 Å². The van der Waals surface area contributed by atoms with Gasteiger partial charge in [0.05, 0.1) is 16.4 Å². The van der Waals surface area contributed by atoms with E-state index in [-0.39, 0.29) is 0 Å². The fourth-order valence-electron chi connectivity index (χ4n) is 2.79. The lowest BCUT2D eigenvalue weighted by atomic mass is 10.2.